The van der Waals surface area contributed by atoms with Gasteiger partial charge < -0.3 is 4.74 Å². The van der Waals surface area contributed by atoms with Gasteiger partial charge in [0, 0.05) is 12.7 Å². The summed E-state index contributed by atoms with van der Waals surface area (Å²) in [6.07, 6.45) is 0. The number of carbonyl (C=O) groups excluding carboxylic acids is 1. The van der Waals surface area contributed by atoms with E-state index in [4.69, 9.17) is 4.74 Å². The first-order chi connectivity index (χ1) is 7.06. The summed E-state index contributed by atoms with van der Waals surface area (Å²) in [6.45, 7) is 3.41. The average molecular weight is 214 g/mol. The van der Waals surface area contributed by atoms with Crippen molar-refractivity contribution in [3.63, 3.8) is 0 Å². The Labute approximate surface area is 86.9 Å². The third kappa shape index (κ3) is 2.83. The van der Waals surface area contributed by atoms with E-state index in [1.165, 1.54) is 13.0 Å². The fourth-order valence-electron chi connectivity index (χ4n) is 1.14. The van der Waals surface area contributed by atoms with Crippen molar-refractivity contribution in [3.05, 3.63) is 34.9 Å². The van der Waals surface area contributed by atoms with Crippen LogP contribution in [0.15, 0.2) is 12.1 Å². The summed E-state index contributed by atoms with van der Waals surface area (Å²) in [4.78, 5) is 11.4. The highest BCUT2D eigenvalue weighted by molar-refractivity contribution is 5.97. The molecule has 0 radical (unpaired) electrons. The highest BCUT2D eigenvalue weighted by atomic mass is 19.1. The molecule has 0 heterocycles. The Morgan fingerprint density at radius 3 is 2.60 bits per heavy atom. The second-order valence-electron chi connectivity index (χ2n) is 3.14. The van der Waals surface area contributed by atoms with Crippen LogP contribution < -0.4 is 0 Å². The maximum atomic E-state index is 13.2. The van der Waals surface area contributed by atoms with Crippen LogP contribution in [-0.2, 0) is 4.74 Å². The number of hydrogen-bond donors (Lipinski definition) is 0. The molecule has 1 aromatic carbocycles. The summed E-state index contributed by atoms with van der Waals surface area (Å²) < 4.78 is 30.9. The number of ketones is 1. The molecule has 0 saturated carbocycles. The number of halogens is 2. The van der Waals surface area contributed by atoms with Gasteiger partial charge >= 0.3 is 0 Å². The Kier molecular flexibility index (Phi) is 3.91. The van der Waals surface area contributed by atoms with Crippen molar-refractivity contribution in [2.75, 3.05) is 13.2 Å². The van der Waals surface area contributed by atoms with Gasteiger partial charge in [0.05, 0.1) is 5.56 Å². The van der Waals surface area contributed by atoms with Crippen molar-refractivity contribution >= 4 is 5.78 Å². The molecule has 1 rings (SSSR count). The average Bonchev–Trinajstić information content (AvgIpc) is 2.20. The van der Waals surface area contributed by atoms with Crippen LogP contribution >= 0.6 is 0 Å². The predicted molar refractivity (Wildman–Crippen MR) is 51.9 cm³/mol. The number of rotatable bonds is 4. The standard InChI is InChI=1S/C11H12F2O2/c1-3-15-6-11(14)8-4-7(2)9(12)5-10(8)13/h4-5H,3,6H2,1-2H3. The summed E-state index contributed by atoms with van der Waals surface area (Å²) in [5.41, 5.74) is 0.124. The first-order valence-electron chi connectivity index (χ1n) is 4.62. The summed E-state index contributed by atoms with van der Waals surface area (Å²) in [5.74, 6) is -1.97. The molecule has 15 heavy (non-hydrogen) atoms. The fourth-order valence-corrected chi connectivity index (χ4v) is 1.14. The highest BCUT2D eigenvalue weighted by Gasteiger charge is 2.14. The van der Waals surface area contributed by atoms with E-state index >= 15 is 0 Å². The van der Waals surface area contributed by atoms with Crippen molar-refractivity contribution in [3.8, 4) is 0 Å². The summed E-state index contributed by atoms with van der Waals surface area (Å²) in [7, 11) is 0. The molecule has 0 aliphatic heterocycles. The molecule has 0 bridgehead atoms. The Bertz CT molecular complexity index is 375. The van der Waals surface area contributed by atoms with E-state index in [0.717, 1.165) is 0 Å². The smallest absolute Gasteiger partial charge is 0.191 e. The fraction of sp³-hybridized carbons (Fsp3) is 0.364. The van der Waals surface area contributed by atoms with E-state index in [9.17, 15) is 13.6 Å². The van der Waals surface area contributed by atoms with Crippen molar-refractivity contribution in [1.29, 1.82) is 0 Å². The van der Waals surface area contributed by atoms with Crippen molar-refractivity contribution in [2.45, 2.75) is 13.8 Å². The molecule has 0 atom stereocenters. The molecule has 0 saturated heterocycles. The van der Waals surface area contributed by atoms with Gasteiger partial charge in [-0.2, -0.15) is 0 Å². The van der Waals surface area contributed by atoms with Crippen LogP contribution in [0.1, 0.15) is 22.8 Å². The van der Waals surface area contributed by atoms with Crippen molar-refractivity contribution < 1.29 is 18.3 Å². The normalized spacial score (nSPS) is 10.4. The van der Waals surface area contributed by atoms with Gasteiger partial charge in [0.15, 0.2) is 5.78 Å². The van der Waals surface area contributed by atoms with Crippen LogP contribution in [0, 0.1) is 18.6 Å². The molecule has 1 aromatic rings. The van der Waals surface area contributed by atoms with Gasteiger partial charge in [-0.25, -0.2) is 8.78 Å². The predicted octanol–water partition coefficient (Wildman–Crippen LogP) is 2.49. The van der Waals surface area contributed by atoms with E-state index in [1.807, 2.05) is 0 Å². The number of hydrogen-bond acceptors (Lipinski definition) is 2. The first kappa shape index (κ1) is 11.8. The lowest BCUT2D eigenvalue weighted by Gasteiger charge is -2.04. The van der Waals surface area contributed by atoms with Crippen LogP contribution in [-0.4, -0.2) is 19.0 Å². The van der Waals surface area contributed by atoms with E-state index in [1.54, 1.807) is 6.92 Å². The molecule has 4 heteroatoms. The third-order valence-corrected chi connectivity index (χ3v) is 1.99. The van der Waals surface area contributed by atoms with Gasteiger partial charge in [0.2, 0.25) is 0 Å². The molecule has 82 valence electrons. The van der Waals surface area contributed by atoms with Crippen LogP contribution in [0.25, 0.3) is 0 Å². The van der Waals surface area contributed by atoms with Gasteiger partial charge in [-0.15, -0.1) is 0 Å². The summed E-state index contributed by atoms with van der Waals surface area (Å²) in [5, 5.41) is 0. The SMILES string of the molecule is CCOCC(=O)c1cc(C)c(F)cc1F. The van der Waals surface area contributed by atoms with E-state index < -0.39 is 17.4 Å². The second-order valence-corrected chi connectivity index (χ2v) is 3.14. The lowest BCUT2D eigenvalue weighted by Crippen LogP contribution is -2.11. The molecular weight excluding hydrogens is 202 g/mol. The van der Waals surface area contributed by atoms with Crippen LogP contribution in [0.2, 0.25) is 0 Å². The maximum absolute atomic E-state index is 13.2. The van der Waals surface area contributed by atoms with Gasteiger partial charge in [0.25, 0.3) is 0 Å². The number of benzene rings is 1. The zero-order valence-corrected chi connectivity index (χ0v) is 8.64. The largest absolute Gasteiger partial charge is 0.374 e. The van der Waals surface area contributed by atoms with E-state index in [-0.39, 0.29) is 17.7 Å². The van der Waals surface area contributed by atoms with Crippen molar-refractivity contribution in [2.24, 2.45) is 0 Å². The van der Waals surface area contributed by atoms with Crippen LogP contribution in [0.3, 0.4) is 0 Å². The molecule has 0 N–H and O–H groups in total. The molecule has 0 amide bonds. The van der Waals surface area contributed by atoms with Gasteiger partial charge in [-0.1, -0.05) is 0 Å². The first-order valence-corrected chi connectivity index (χ1v) is 4.62. The summed E-state index contributed by atoms with van der Waals surface area (Å²) in [6, 6.07) is 1.92. The number of Topliss-reactive ketones (excluding diaryl/α,β-unsaturated/α-hetero) is 1. The minimum absolute atomic E-state index is 0.123. The van der Waals surface area contributed by atoms with Gasteiger partial charge in [-0.3, -0.25) is 4.79 Å². The Morgan fingerprint density at radius 2 is 2.00 bits per heavy atom. The number of carbonyl (C=O) groups is 1. The lowest BCUT2D eigenvalue weighted by molar-refractivity contribution is 0.0779. The minimum Gasteiger partial charge on any atom is -0.374 e. The topological polar surface area (TPSA) is 26.3 Å². The zero-order chi connectivity index (χ0) is 11.4. The maximum Gasteiger partial charge on any atom is 0.191 e. The van der Waals surface area contributed by atoms with Crippen LogP contribution in [0.4, 0.5) is 8.78 Å². The Morgan fingerprint density at radius 1 is 1.33 bits per heavy atom. The third-order valence-electron chi connectivity index (χ3n) is 1.99. The molecule has 0 fully saturated rings. The molecule has 0 aromatic heterocycles. The van der Waals surface area contributed by atoms with E-state index in [0.29, 0.717) is 12.7 Å². The Balaban J connectivity index is 2.94. The van der Waals surface area contributed by atoms with Gasteiger partial charge in [-0.05, 0) is 25.5 Å². The van der Waals surface area contributed by atoms with Crippen molar-refractivity contribution in [1.82, 2.24) is 0 Å². The zero-order valence-electron chi connectivity index (χ0n) is 8.64. The minimum atomic E-state index is -0.845. The lowest BCUT2D eigenvalue weighted by atomic mass is 10.1. The highest BCUT2D eigenvalue weighted by Crippen LogP contribution is 2.14. The number of ether oxygens (including phenoxy) is 1. The van der Waals surface area contributed by atoms with Gasteiger partial charge in [0.1, 0.15) is 18.2 Å². The monoisotopic (exact) mass is 214 g/mol. The quantitative estimate of drug-likeness (QED) is 0.720. The number of aryl methyl sites for hydroxylation is 1. The van der Waals surface area contributed by atoms with Crippen LogP contribution in [0.5, 0.6) is 0 Å². The Hall–Kier alpha value is -1.29. The molecular formula is C11H12F2O2. The molecule has 0 aliphatic rings. The molecule has 0 aliphatic carbocycles. The molecule has 2 nitrogen and oxygen atoms in total. The molecule has 0 spiro atoms. The van der Waals surface area contributed by atoms with E-state index in [2.05, 4.69) is 0 Å². The summed E-state index contributed by atoms with van der Waals surface area (Å²) >= 11 is 0. The molecule has 0 unspecified atom stereocenters. The second kappa shape index (κ2) is 4.98.